The van der Waals surface area contributed by atoms with Crippen LogP contribution in [0, 0.1) is 48.8 Å². The van der Waals surface area contributed by atoms with Crippen molar-refractivity contribution in [2.24, 2.45) is 33.7 Å². The SMILES string of the molecule is C[C@]12CCC(=NNc3ccc([N+](=O)[O-])cc3[N+](=O)[O-])C=C1CC[C@@H]1[C@@H]2CC[C@@]2(C)[C@H]1CC[C@]2(C)O. The molecule has 1 aromatic carbocycles. The lowest BCUT2D eigenvalue weighted by Crippen LogP contribution is -2.53. The Hall–Kier alpha value is -2.81. The Morgan fingerprint density at radius 3 is 2.46 bits per heavy atom. The highest BCUT2D eigenvalue weighted by Crippen LogP contribution is 2.67. The lowest BCUT2D eigenvalue weighted by atomic mass is 9.46. The molecule has 4 aliphatic carbocycles. The minimum atomic E-state index is -0.647. The number of nitrogens with one attached hydrogen (secondary N) is 1. The van der Waals surface area contributed by atoms with Crippen molar-refractivity contribution in [1.82, 2.24) is 0 Å². The van der Waals surface area contributed by atoms with E-state index in [-0.39, 0.29) is 27.9 Å². The summed E-state index contributed by atoms with van der Waals surface area (Å²) in [5.74, 6) is 1.83. The fourth-order valence-electron chi connectivity index (χ4n) is 7.91. The van der Waals surface area contributed by atoms with E-state index in [1.807, 2.05) is 6.92 Å². The Labute approximate surface area is 205 Å². The van der Waals surface area contributed by atoms with Crippen LogP contribution in [0.25, 0.3) is 0 Å². The van der Waals surface area contributed by atoms with E-state index in [0.29, 0.717) is 17.8 Å². The molecular formula is C26H34N4O5. The molecule has 0 heterocycles. The quantitative estimate of drug-likeness (QED) is 0.401. The van der Waals surface area contributed by atoms with Crippen LogP contribution >= 0.6 is 0 Å². The number of fused-ring (bicyclic) bond motifs is 5. The van der Waals surface area contributed by atoms with Crippen molar-refractivity contribution >= 4 is 22.8 Å². The van der Waals surface area contributed by atoms with E-state index in [1.165, 1.54) is 17.7 Å². The van der Waals surface area contributed by atoms with E-state index in [0.717, 1.165) is 63.1 Å². The van der Waals surface area contributed by atoms with E-state index < -0.39 is 15.4 Å². The van der Waals surface area contributed by atoms with Gasteiger partial charge in [0.25, 0.3) is 5.69 Å². The molecule has 0 amide bonds. The Bertz CT molecular complexity index is 1140. The molecule has 0 radical (unpaired) electrons. The molecule has 0 bridgehead atoms. The van der Waals surface area contributed by atoms with Gasteiger partial charge in [-0.05, 0) is 99.0 Å². The summed E-state index contributed by atoms with van der Waals surface area (Å²) in [6.07, 6.45) is 10.3. The van der Waals surface area contributed by atoms with Crippen LogP contribution in [-0.4, -0.2) is 26.3 Å². The smallest absolute Gasteiger partial charge is 0.301 e. The molecule has 9 nitrogen and oxygen atoms in total. The first-order chi connectivity index (χ1) is 16.5. The van der Waals surface area contributed by atoms with Crippen LogP contribution in [0.5, 0.6) is 0 Å². The first-order valence-electron chi connectivity index (χ1n) is 12.7. The van der Waals surface area contributed by atoms with Gasteiger partial charge in [-0.15, -0.1) is 0 Å². The second-order valence-corrected chi connectivity index (χ2v) is 11.7. The summed E-state index contributed by atoms with van der Waals surface area (Å²) in [7, 11) is 0. The number of benzene rings is 1. The van der Waals surface area contributed by atoms with Crippen LogP contribution in [-0.2, 0) is 0 Å². The molecule has 0 unspecified atom stereocenters. The summed E-state index contributed by atoms with van der Waals surface area (Å²) in [6.45, 7) is 6.74. The van der Waals surface area contributed by atoms with E-state index >= 15 is 0 Å². The number of nitrogens with zero attached hydrogens (tertiary/aromatic N) is 3. The highest BCUT2D eigenvalue weighted by Gasteiger charge is 2.62. The zero-order valence-corrected chi connectivity index (χ0v) is 20.6. The number of nitro benzene ring substituents is 2. The van der Waals surface area contributed by atoms with Crippen molar-refractivity contribution in [3.05, 3.63) is 50.1 Å². The normalized spacial score (nSPS) is 39.3. The van der Waals surface area contributed by atoms with Gasteiger partial charge in [0, 0.05) is 6.07 Å². The molecule has 5 rings (SSSR count). The number of hydrazone groups is 1. The molecule has 35 heavy (non-hydrogen) atoms. The minimum absolute atomic E-state index is 0.0103. The highest BCUT2D eigenvalue weighted by molar-refractivity contribution is 5.97. The number of nitro groups is 2. The van der Waals surface area contributed by atoms with Crippen molar-refractivity contribution in [3.8, 4) is 0 Å². The molecule has 0 saturated heterocycles. The molecule has 0 aromatic heterocycles. The van der Waals surface area contributed by atoms with Crippen LogP contribution in [0.15, 0.2) is 34.9 Å². The molecule has 0 spiro atoms. The van der Waals surface area contributed by atoms with Crippen LogP contribution in [0.2, 0.25) is 0 Å². The molecule has 2 N–H and O–H groups in total. The van der Waals surface area contributed by atoms with Gasteiger partial charge in [-0.1, -0.05) is 19.4 Å². The van der Waals surface area contributed by atoms with Gasteiger partial charge < -0.3 is 5.11 Å². The van der Waals surface area contributed by atoms with Gasteiger partial charge in [0.15, 0.2) is 0 Å². The van der Waals surface area contributed by atoms with Crippen molar-refractivity contribution in [1.29, 1.82) is 0 Å². The zero-order valence-electron chi connectivity index (χ0n) is 20.6. The van der Waals surface area contributed by atoms with Crippen molar-refractivity contribution in [2.75, 3.05) is 5.43 Å². The van der Waals surface area contributed by atoms with Gasteiger partial charge in [-0.3, -0.25) is 25.7 Å². The summed E-state index contributed by atoms with van der Waals surface area (Å²) in [5, 5.41) is 38.0. The maximum Gasteiger partial charge on any atom is 0.301 e. The maximum absolute atomic E-state index is 11.4. The molecule has 9 heteroatoms. The van der Waals surface area contributed by atoms with Crippen LogP contribution in [0.1, 0.15) is 72.1 Å². The molecule has 4 aliphatic rings. The molecular weight excluding hydrogens is 448 g/mol. The van der Waals surface area contributed by atoms with E-state index in [4.69, 9.17) is 0 Å². The van der Waals surface area contributed by atoms with Gasteiger partial charge in [0.05, 0.1) is 27.2 Å². The molecule has 188 valence electrons. The standard InChI is InChI=1S/C26H34N4O5/c1-24-11-8-17(27-28-22-7-5-18(29(32)33)15-23(22)30(34)35)14-16(24)4-6-19-20(24)9-12-25(2)21(19)10-13-26(25,3)31/h5,7,14-15,19-21,28,31H,4,6,8-13H2,1-3H3/t19-,20+,21+,24+,25+,26+/m1/s1. The predicted octanol–water partition coefficient (Wildman–Crippen LogP) is 5.98. The summed E-state index contributed by atoms with van der Waals surface area (Å²) in [6, 6.07) is 3.53. The summed E-state index contributed by atoms with van der Waals surface area (Å²) < 4.78 is 0. The van der Waals surface area contributed by atoms with E-state index in [2.05, 4.69) is 30.5 Å². The second-order valence-electron chi connectivity index (χ2n) is 11.7. The summed E-state index contributed by atoms with van der Waals surface area (Å²) in [4.78, 5) is 21.1. The Morgan fingerprint density at radius 1 is 1.00 bits per heavy atom. The fourth-order valence-corrected chi connectivity index (χ4v) is 7.91. The van der Waals surface area contributed by atoms with Crippen molar-refractivity contribution < 1.29 is 15.0 Å². The van der Waals surface area contributed by atoms with E-state index in [9.17, 15) is 25.3 Å². The number of hydrogen-bond donors (Lipinski definition) is 2. The Balaban J connectivity index is 1.37. The Kier molecular flexibility index (Phi) is 5.54. The largest absolute Gasteiger partial charge is 0.390 e. The molecule has 3 saturated carbocycles. The molecule has 3 fully saturated rings. The Morgan fingerprint density at radius 2 is 1.74 bits per heavy atom. The molecule has 6 atom stereocenters. The number of hydrogen-bond acceptors (Lipinski definition) is 7. The van der Waals surface area contributed by atoms with Crippen LogP contribution in [0.3, 0.4) is 0 Å². The highest BCUT2D eigenvalue weighted by atomic mass is 16.6. The number of non-ortho nitro benzene ring substituents is 1. The van der Waals surface area contributed by atoms with Crippen LogP contribution in [0.4, 0.5) is 17.1 Å². The fraction of sp³-hybridized carbons (Fsp3) is 0.654. The third kappa shape index (κ3) is 3.66. The zero-order chi connectivity index (χ0) is 25.2. The van der Waals surface area contributed by atoms with Crippen molar-refractivity contribution in [2.45, 2.75) is 77.7 Å². The van der Waals surface area contributed by atoms with Gasteiger partial charge >= 0.3 is 5.69 Å². The van der Waals surface area contributed by atoms with Gasteiger partial charge in [-0.25, -0.2) is 0 Å². The average Bonchev–Trinajstić information content (AvgIpc) is 3.06. The topological polar surface area (TPSA) is 131 Å². The van der Waals surface area contributed by atoms with E-state index in [1.54, 1.807) is 0 Å². The summed E-state index contributed by atoms with van der Waals surface area (Å²) in [5.41, 5.74) is 4.07. The lowest BCUT2D eigenvalue weighted by Gasteiger charge is -2.59. The number of anilines is 1. The average molecular weight is 483 g/mol. The monoisotopic (exact) mass is 482 g/mol. The number of aliphatic hydroxyl groups is 1. The van der Waals surface area contributed by atoms with Crippen LogP contribution < -0.4 is 5.43 Å². The molecule has 0 aliphatic heterocycles. The lowest BCUT2D eigenvalue weighted by molar-refractivity contribution is -0.393. The van der Waals surface area contributed by atoms with Gasteiger partial charge in [0.2, 0.25) is 0 Å². The third-order valence-electron chi connectivity index (χ3n) is 10.2. The minimum Gasteiger partial charge on any atom is -0.390 e. The summed E-state index contributed by atoms with van der Waals surface area (Å²) >= 11 is 0. The van der Waals surface area contributed by atoms with Gasteiger partial charge in [0.1, 0.15) is 5.69 Å². The van der Waals surface area contributed by atoms with Crippen molar-refractivity contribution in [3.63, 3.8) is 0 Å². The predicted molar refractivity (Wildman–Crippen MR) is 133 cm³/mol. The second kappa shape index (κ2) is 8.11. The molecule has 1 aromatic rings. The van der Waals surface area contributed by atoms with Gasteiger partial charge in [-0.2, -0.15) is 5.10 Å². The first-order valence-corrected chi connectivity index (χ1v) is 12.7. The third-order valence-corrected chi connectivity index (χ3v) is 10.2. The maximum atomic E-state index is 11.4. The first kappa shape index (κ1) is 23.9. The number of rotatable bonds is 4. The number of allylic oxidation sites excluding steroid dienone is 2.